The van der Waals surface area contributed by atoms with Gasteiger partial charge in [-0.3, -0.25) is 14.2 Å². The number of thiol groups is 1. The highest BCUT2D eigenvalue weighted by molar-refractivity contribution is 7.90. The van der Waals surface area contributed by atoms with Crippen molar-refractivity contribution in [3.05, 3.63) is 106 Å². The number of aryl methyl sites for hydroxylation is 2. The van der Waals surface area contributed by atoms with E-state index < -0.39 is 0 Å². The molecular formula is C28H30N4O3S. The minimum Gasteiger partial charge on any atom is -0.409 e. The molecule has 2 N–H and O–H groups in total. The quantitative estimate of drug-likeness (QED) is 0.0695. The number of hydrogen-bond acceptors (Lipinski definition) is 6. The van der Waals surface area contributed by atoms with Crippen LogP contribution in [0.1, 0.15) is 48.0 Å². The van der Waals surface area contributed by atoms with E-state index in [0.717, 1.165) is 35.4 Å². The lowest BCUT2D eigenvalue weighted by atomic mass is 9.98. The van der Waals surface area contributed by atoms with Gasteiger partial charge >= 0.3 is 0 Å². The predicted octanol–water partition coefficient (Wildman–Crippen LogP) is 4.95. The Kier molecular flexibility index (Phi) is 9.41. The third-order valence-corrected chi connectivity index (χ3v) is 6.17. The summed E-state index contributed by atoms with van der Waals surface area (Å²) in [5.41, 5.74) is 4.18. The monoisotopic (exact) mass is 502 g/mol. The van der Waals surface area contributed by atoms with E-state index in [1.165, 1.54) is 0 Å². The Morgan fingerprint density at radius 3 is 2.58 bits per heavy atom. The molecule has 0 aliphatic heterocycles. The third-order valence-electron chi connectivity index (χ3n) is 5.80. The highest BCUT2D eigenvalue weighted by atomic mass is 32.1. The van der Waals surface area contributed by atoms with Gasteiger partial charge in [-0.25, -0.2) is 4.98 Å². The second-order valence-electron chi connectivity index (χ2n) is 8.22. The lowest BCUT2D eigenvalue weighted by molar-refractivity contribution is -0.108. The molecule has 0 atom stereocenters. The zero-order chi connectivity index (χ0) is 26.1. The number of unbranched alkanes of at least 4 members (excludes halogenated alkanes) is 1. The molecule has 0 fully saturated rings. The number of rotatable bonds is 10. The maximum absolute atomic E-state index is 13.5. The summed E-state index contributed by atoms with van der Waals surface area (Å²) < 4.78 is 1.72. The van der Waals surface area contributed by atoms with Crippen molar-refractivity contribution in [2.75, 3.05) is 0 Å². The molecule has 1 heterocycles. The molecule has 0 radical (unpaired) electrons. The van der Waals surface area contributed by atoms with Crippen molar-refractivity contribution in [1.82, 2.24) is 14.9 Å². The number of oxime groups is 1. The summed E-state index contributed by atoms with van der Waals surface area (Å²) in [4.78, 5) is 29.7. The molecule has 1 aromatic heterocycles. The molecule has 0 saturated carbocycles. The molecule has 0 spiro atoms. The van der Waals surface area contributed by atoms with Crippen molar-refractivity contribution < 1.29 is 10.0 Å². The van der Waals surface area contributed by atoms with Crippen LogP contribution in [0.15, 0.2) is 77.2 Å². The summed E-state index contributed by atoms with van der Waals surface area (Å²) in [6.45, 7) is 8.01. The minimum absolute atomic E-state index is 0.0604. The molecule has 1 amide bonds. The Hall–Kier alpha value is -3.91. The molecule has 7 nitrogen and oxygen atoms in total. The number of nitrogens with one attached hydrogen (secondary N) is 1. The summed E-state index contributed by atoms with van der Waals surface area (Å²) >= 11 is 4.50. The molecule has 2 aromatic carbocycles. The Labute approximate surface area is 216 Å². The summed E-state index contributed by atoms with van der Waals surface area (Å²) in [7, 11) is 0. The molecule has 36 heavy (non-hydrogen) atoms. The van der Waals surface area contributed by atoms with Crippen LogP contribution in [-0.4, -0.2) is 27.0 Å². The zero-order valence-electron chi connectivity index (χ0n) is 20.4. The number of benzene rings is 2. The van der Waals surface area contributed by atoms with E-state index in [0.29, 0.717) is 41.1 Å². The smallest absolute Gasteiger partial charge is 0.262 e. The summed E-state index contributed by atoms with van der Waals surface area (Å²) in [5.74, 6) is 0.811. The normalized spacial score (nSPS) is 11.9. The average Bonchev–Trinajstić information content (AvgIpc) is 2.88. The lowest BCUT2D eigenvalue weighted by Gasteiger charge is -2.16. The van der Waals surface area contributed by atoms with Gasteiger partial charge in [0.25, 0.3) is 5.56 Å². The Bertz CT molecular complexity index is 1360. The van der Waals surface area contributed by atoms with Crippen LogP contribution in [0.3, 0.4) is 0 Å². The molecule has 3 rings (SSSR count). The van der Waals surface area contributed by atoms with Crippen LogP contribution in [-0.2, 0) is 17.8 Å². The highest BCUT2D eigenvalue weighted by Crippen LogP contribution is 2.25. The third kappa shape index (κ3) is 6.01. The molecule has 8 heteroatoms. The SMILES string of the molecule is C=C/C=C(\S)c1c(C)nc(CCCC)n(Cc2ccc(-c3ccccc3/C(=N/O)NC=O)cc2)c1=O. The molecule has 186 valence electrons. The van der Waals surface area contributed by atoms with E-state index in [2.05, 4.69) is 36.6 Å². The first-order valence-corrected chi connectivity index (χ1v) is 12.1. The maximum atomic E-state index is 13.5. The summed E-state index contributed by atoms with van der Waals surface area (Å²) in [6.07, 6.45) is 6.40. The van der Waals surface area contributed by atoms with E-state index in [1.54, 1.807) is 28.9 Å². The molecular weight excluding hydrogens is 472 g/mol. The number of amides is 1. The Morgan fingerprint density at radius 1 is 1.22 bits per heavy atom. The predicted molar refractivity (Wildman–Crippen MR) is 148 cm³/mol. The van der Waals surface area contributed by atoms with Gasteiger partial charge in [0.1, 0.15) is 5.82 Å². The highest BCUT2D eigenvalue weighted by Gasteiger charge is 2.16. The van der Waals surface area contributed by atoms with Crippen LogP contribution < -0.4 is 10.9 Å². The van der Waals surface area contributed by atoms with Gasteiger partial charge in [0.05, 0.1) is 17.8 Å². The molecule has 0 bridgehead atoms. The first-order valence-electron chi connectivity index (χ1n) is 11.7. The topological polar surface area (TPSA) is 96.6 Å². The molecule has 0 aliphatic carbocycles. The number of carbonyl (C=O) groups excluding carboxylic acids is 1. The van der Waals surface area contributed by atoms with Crippen LogP contribution in [0.2, 0.25) is 0 Å². The summed E-state index contributed by atoms with van der Waals surface area (Å²) in [5, 5.41) is 15.0. The molecule has 0 saturated heterocycles. The van der Waals surface area contributed by atoms with Gasteiger partial charge in [-0.1, -0.05) is 79.7 Å². The molecule has 0 unspecified atom stereocenters. The second-order valence-corrected chi connectivity index (χ2v) is 8.71. The van der Waals surface area contributed by atoms with Crippen molar-refractivity contribution >= 4 is 29.8 Å². The Morgan fingerprint density at radius 2 is 1.94 bits per heavy atom. The van der Waals surface area contributed by atoms with Gasteiger partial charge < -0.3 is 10.5 Å². The first-order chi connectivity index (χ1) is 17.4. The van der Waals surface area contributed by atoms with Crippen LogP contribution >= 0.6 is 12.6 Å². The van der Waals surface area contributed by atoms with Crippen LogP contribution in [0.5, 0.6) is 0 Å². The van der Waals surface area contributed by atoms with Crippen LogP contribution in [0.4, 0.5) is 0 Å². The fourth-order valence-electron chi connectivity index (χ4n) is 4.03. The van der Waals surface area contributed by atoms with Crippen LogP contribution in [0.25, 0.3) is 16.0 Å². The van der Waals surface area contributed by atoms with Gasteiger partial charge in [0.15, 0.2) is 5.84 Å². The average molecular weight is 503 g/mol. The number of allylic oxidation sites excluding steroid dienone is 2. The van der Waals surface area contributed by atoms with E-state index in [4.69, 9.17) is 4.98 Å². The van der Waals surface area contributed by atoms with E-state index >= 15 is 0 Å². The lowest BCUT2D eigenvalue weighted by Crippen LogP contribution is -2.29. The maximum Gasteiger partial charge on any atom is 0.262 e. The first kappa shape index (κ1) is 26.7. The van der Waals surface area contributed by atoms with Crippen molar-refractivity contribution in [3.8, 4) is 11.1 Å². The van der Waals surface area contributed by atoms with Gasteiger partial charge in [0, 0.05) is 16.9 Å². The number of aromatic nitrogens is 2. The van der Waals surface area contributed by atoms with Gasteiger partial charge in [-0.2, -0.15) is 0 Å². The second kappa shape index (κ2) is 12.7. The summed E-state index contributed by atoms with van der Waals surface area (Å²) in [6, 6.07) is 15.1. The number of nitrogens with zero attached hydrogens (tertiary/aromatic N) is 3. The standard InChI is InChI=1S/C28H30N4O3S/c1-4-6-12-25-30-19(3)26(24(36)9-5-2)28(34)32(25)17-20-13-15-21(16-14-20)22-10-7-8-11-23(22)27(31-35)29-18-33/h5,7-11,13-16,18,35-36H,2,4,6,12,17H2,1,3H3,(H,29,31,33)/b24-9-. The van der Waals surface area contributed by atoms with Crippen molar-refractivity contribution in [3.63, 3.8) is 0 Å². The minimum atomic E-state index is -0.130. The van der Waals surface area contributed by atoms with E-state index in [-0.39, 0.29) is 11.4 Å². The van der Waals surface area contributed by atoms with E-state index in [9.17, 15) is 14.8 Å². The number of carbonyl (C=O) groups is 1. The molecule has 3 aromatic rings. The number of hydrogen-bond donors (Lipinski definition) is 3. The van der Waals surface area contributed by atoms with Crippen molar-refractivity contribution in [1.29, 1.82) is 0 Å². The van der Waals surface area contributed by atoms with Crippen molar-refractivity contribution in [2.45, 2.75) is 39.7 Å². The zero-order valence-corrected chi connectivity index (χ0v) is 21.3. The van der Waals surface area contributed by atoms with Crippen molar-refractivity contribution in [2.24, 2.45) is 5.16 Å². The fraction of sp³-hybridized carbons (Fsp3) is 0.214. The largest absolute Gasteiger partial charge is 0.409 e. The number of amidine groups is 1. The Balaban J connectivity index is 2.02. The molecule has 0 aliphatic rings. The van der Waals surface area contributed by atoms with Crippen LogP contribution in [0, 0.1) is 6.92 Å². The fourth-order valence-corrected chi connectivity index (χ4v) is 4.39. The van der Waals surface area contributed by atoms with Gasteiger partial charge in [0.2, 0.25) is 6.41 Å². The van der Waals surface area contributed by atoms with E-state index in [1.807, 2.05) is 43.3 Å². The van der Waals surface area contributed by atoms with Gasteiger partial charge in [-0.05, 0) is 36.1 Å². The van der Waals surface area contributed by atoms with Gasteiger partial charge in [-0.15, -0.1) is 12.6 Å².